The fraction of sp³-hybridized carbons (Fsp3) is 0.696. The van der Waals surface area contributed by atoms with Crippen molar-refractivity contribution in [1.82, 2.24) is 9.62 Å². The number of nitrogens with zero attached hydrogens (tertiary/aromatic N) is 1. The first-order valence-corrected chi connectivity index (χ1v) is 11.8. The lowest BCUT2D eigenvalue weighted by Gasteiger charge is -2.44. The molecule has 1 amide bonds. The van der Waals surface area contributed by atoms with Gasteiger partial charge in [-0.15, -0.1) is 0 Å². The molecule has 3 rings (SSSR count). The van der Waals surface area contributed by atoms with Gasteiger partial charge < -0.3 is 14.4 Å². The van der Waals surface area contributed by atoms with Crippen LogP contribution in [-0.4, -0.2) is 45.7 Å². The molecule has 30 heavy (non-hydrogen) atoms. The number of methoxy groups -OCH3 is 1. The molecule has 0 unspecified atom stereocenters. The summed E-state index contributed by atoms with van der Waals surface area (Å²) in [6, 6.07) is 6.15. The molecule has 2 atom stereocenters. The van der Waals surface area contributed by atoms with Crippen LogP contribution in [0.4, 0.5) is 4.79 Å². The Morgan fingerprint density at radius 2 is 1.80 bits per heavy atom. The van der Waals surface area contributed by atoms with Gasteiger partial charge in [-0.25, -0.2) is 13.7 Å². The lowest BCUT2D eigenvalue weighted by molar-refractivity contribution is 0.00724. The molecule has 1 aliphatic carbocycles. The first-order valence-electron chi connectivity index (χ1n) is 10.7. The van der Waals surface area contributed by atoms with E-state index < -0.39 is 16.6 Å². The molecule has 0 radical (unpaired) electrons. The monoisotopic (exact) mass is 436 g/mol. The number of hydrogen-bond donors (Lipinski definition) is 1. The zero-order chi connectivity index (χ0) is 22.3. The zero-order valence-corrected chi connectivity index (χ0v) is 20.1. The number of rotatable bonds is 3. The highest BCUT2D eigenvalue weighted by Crippen LogP contribution is 2.53. The maximum absolute atomic E-state index is 13.0. The molecule has 1 aromatic rings. The van der Waals surface area contributed by atoms with E-state index in [0.717, 1.165) is 25.0 Å². The van der Waals surface area contributed by atoms with E-state index in [2.05, 4.69) is 16.9 Å². The summed E-state index contributed by atoms with van der Waals surface area (Å²) < 4.78 is 27.1. The predicted molar refractivity (Wildman–Crippen MR) is 120 cm³/mol. The summed E-state index contributed by atoms with van der Waals surface area (Å²) in [7, 11) is 0.490. The van der Waals surface area contributed by atoms with Crippen molar-refractivity contribution < 1.29 is 18.5 Å². The van der Waals surface area contributed by atoms with E-state index in [1.807, 2.05) is 47.6 Å². The van der Waals surface area contributed by atoms with Gasteiger partial charge in [0.05, 0.1) is 28.9 Å². The molecule has 1 N–H and O–H groups in total. The van der Waals surface area contributed by atoms with Crippen LogP contribution in [0.25, 0.3) is 0 Å². The van der Waals surface area contributed by atoms with Crippen molar-refractivity contribution in [2.45, 2.75) is 77.2 Å². The molecule has 1 aliphatic heterocycles. The molecule has 7 heteroatoms. The Labute approximate surface area is 183 Å². The SMILES string of the molecule is COc1ccc2c(c1)CC1(CCN(C(=O)OC(C)(C)C)CC1)[C@@H]2N[S@](=O)C(C)(C)C. The van der Waals surface area contributed by atoms with E-state index in [0.29, 0.717) is 13.1 Å². The van der Waals surface area contributed by atoms with Gasteiger partial charge in [0.1, 0.15) is 11.4 Å². The Kier molecular flexibility index (Phi) is 6.27. The largest absolute Gasteiger partial charge is 0.497 e. The molecule has 2 aliphatic rings. The van der Waals surface area contributed by atoms with Crippen LogP contribution in [0.1, 0.15) is 71.6 Å². The van der Waals surface area contributed by atoms with Gasteiger partial charge in [0.2, 0.25) is 0 Å². The van der Waals surface area contributed by atoms with Crippen LogP contribution in [0.3, 0.4) is 0 Å². The molecule has 0 bridgehead atoms. The number of hydrogen-bond acceptors (Lipinski definition) is 4. The highest BCUT2D eigenvalue weighted by atomic mass is 32.2. The molecule has 0 saturated carbocycles. The van der Waals surface area contributed by atoms with E-state index in [4.69, 9.17) is 9.47 Å². The van der Waals surface area contributed by atoms with Gasteiger partial charge >= 0.3 is 6.09 Å². The third-order valence-corrected chi connectivity index (χ3v) is 7.57. The maximum atomic E-state index is 13.0. The zero-order valence-electron chi connectivity index (χ0n) is 19.3. The van der Waals surface area contributed by atoms with Crippen LogP contribution < -0.4 is 9.46 Å². The lowest BCUT2D eigenvalue weighted by atomic mass is 9.73. The Hall–Kier alpha value is -1.60. The van der Waals surface area contributed by atoms with Gasteiger partial charge in [-0.1, -0.05) is 6.07 Å². The third kappa shape index (κ3) is 4.83. The number of nitrogens with one attached hydrogen (secondary N) is 1. The Bertz CT molecular complexity index is 817. The molecule has 1 fully saturated rings. The Morgan fingerprint density at radius 3 is 2.33 bits per heavy atom. The summed E-state index contributed by atoms with van der Waals surface area (Å²) in [5, 5.41) is 0. The van der Waals surface area contributed by atoms with Crippen LogP contribution in [0.15, 0.2) is 18.2 Å². The molecule has 0 aromatic heterocycles. The molecule has 1 spiro atoms. The van der Waals surface area contributed by atoms with Gasteiger partial charge in [0.15, 0.2) is 0 Å². The number of piperidine rings is 1. The Balaban J connectivity index is 1.84. The standard InChI is InChI=1S/C23H36N2O4S/c1-21(2,3)29-20(26)25-12-10-23(11-13-25)15-16-14-17(28-7)8-9-18(16)19(23)24-30(27)22(4,5)6/h8-9,14,19,24H,10-13,15H2,1-7H3/t19-,30-/m1/s1. The van der Waals surface area contributed by atoms with E-state index >= 15 is 0 Å². The third-order valence-electron chi connectivity index (χ3n) is 6.01. The molecule has 6 nitrogen and oxygen atoms in total. The molecule has 1 heterocycles. The number of carbonyl (C=O) groups excluding carboxylic acids is 1. The minimum absolute atomic E-state index is 0.0146. The second-order valence-corrected chi connectivity index (χ2v) is 12.5. The summed E-state index contributed by atoms with van der Waals surface area (Å²) in [6.45, 7) is 12.9. The molecule has 1 aromatic carbocycles. The fourth-order valence-corrected chi connectivity index (χ4v) is 5.30. The average Bonchev–Trinajstić information content (AvgIpc) is 2.92. The van der Waals surface area contributed by atoms with Gasteiger partial charge in [0, 0.05) is 13.1 Å². The van der Waals surface area contributed by atoms with Crippen molar-refractivity contribution in [3.8, 4) is 5.75 Å². The minimum atomic E-state index is -1.19. The number of fused-ring (bicyclic) bond motifs is 1. The van der Waals surface area contributed by atoms with Crippen molar-refractivity contribution in [3.63, 3.8) is 0 Å². The van der Waals surface area contributed by atoms with Crippen LogP contribution in [0.2, 0.25) is 0 Å². The first-order chi connectivity index (χ1) is 13.8. The van der Waals surface area contributed by atoms with Gasteiger partial charge in [0.25, 0.3) is 0 Å². The predicted octanol–water partition coefficient (Wildman–Crippen LogP) is 4.36. The van der Waals surface area contributed by atoms with Crippen molar-refractivity contribution >= 4 is 17.1 Å². The number of amides is 1. The minimum Gasteiger partial charge on any atom is -0.497 e. The summed E-state index contributed by atoms with van der Waals surface area (Å²) >= 11 is 0. The maximum Gasteiger partial charge on any atom is 0.410 e. The van der Waals surface area contributed by atoms with Gasteiger partial charge in [-0.2, -0.15) is 0 Å². The van der Waals surface area contributed by atoms with E-state index in [9.17, 15) is 9.00 Å². The number of carbonyl (C=O) groups is 1. The smallest absolute Gasteiger partial charge is 0.410 e. The number of likely N-dealkylation sites (tertiary alicyclic amines) is 1. The van der Waals surface area contributed by atoms with E-state index in [1.165, 1.54) is 11.1 Å². The highest BCUT2D eigenvalue weighted by molar-refractivity contribution is 7.84. The van der Waals surface area contributed by atoms with Crippen LogP contribution in [0.5, 0.6) is 5.75 Å². The van der Waals surface area contributed by atoms with Crippen LogP contribution >= 0.6 is 0 Å². The molecular formula is C23H36N2O4S. The number of benzene rings is 1. The first kappa shape index (κ1) is 23.1. The van der Waals surface area contributed by atoms with Crippen molar-refractivity contribution in [2.75, 3.05) is 20.2 Å². The van der Waals surface area contributed by atoms with Crippen molar-refractivity contribution in [2.24, 2.45) is 5.41 Å². The summed E-state index contributed by atoms with van der Waals surface area (Å²) in [4.78, 5) is 14.3. The van der Waals surface area contributed by atoms with Crippen molar-refractivity contribution in [1.29, 1.82) is 0 Å². The van der Waals surface area contributed by atoms with Crippen LogP contribution in [0, 0.1) is 5.41 Å². The highest BCUT2D eigenvalue weighted by Gasteiger charge is 2.49. The topological polar surface area (TPSA) is 67.9 Å². The summed E-state index contributed by atoms with van der Waals surface area (Å²) in [6.07, 6.45) is 2.31. The number of ether oxygens (including phenoxy) is 2. The second kappa shape index (κ2) is 8.15. The summed E-state index contributed by atoms with van der Waals surface area (Å²) in [5.74, 6) is 0.840. The van der Waals surface area contributed by atoms with E-state index in [-0.39, 0.29) is 22.3 Å². The lowest BCUT2D eigenvalue weighted by Crippen LogP contribution is -2.49. The van der Waals surface area contributed by atoms with Crippen molar-refractivity contribution in [3.05, 3.63) is 29.3 Å². The van der Waals surface area contributed by atoms with E-state index in [1.54, 1.807) is 12.0 Å². The summed E-state index contributed by atoms with van der Waals surface area (Å²) in [5.41, 5.74) is 1.86. The second-order valence-electron chi connectivity index (χ2n) is 10.5. The molecule has 168 valence electrons. The Morgan fingerprint density at radius 1 is 1.17 bits per heavy atom. The molecular weight excluding hydrogens is 400 g/mol. The van der Waals surface area contributed by atoms with Crippen LogP contribution in [-0.2, 0) is 22.1 Å². The average molecular weight is 437 g/mol. The van der Waals surface area contributed by atoms with Gasteiger partial charge in [-0.3, -0.25) is 0 Å². The fourth-order valence-electron chi connectivity index (χ4n) is 4.35. The molecule has 1 saturated heterocycles. The van der Waals surface area contributed by atoms with Gasteiger partial charge in [-0.05, 0) is 89.5 Å². The quantitative estimate of drug-likeness (QED) is 0.764. The normalized spacial score (nSPS) is 22.0.